The number of sulfonamides is 1. The summed E-state index contributed by atoms with van der Waals surface area (Å²) in [6, 6.07) is 9.36. The minimum absolute atomic E-state index is 0.0519. The summed E-state index contributed by atoms with van der Waals surface area (Å²) in [5.74, 6) is -1.91. The van der Waals surface area contributed by atoms with Gasteiger partial charge in [0.25, 0.3) is 5.69 Å². The molecule has 11 heteroatoms. The van der Waals surface area contributed by atoms with Crippen molar-refractivity contribution in [2.45, 2.75) is 56.1 Å². The Kier molecular flexibility index (Phi) is 7.44. The number of carbonyl (C=O) groups is 2. The number of aliphatic carboxylic acids is 1. The molecule has 2 atom stereocenters. The van der Waals surface area contributed by atoms with Gasteiger partial charge in [-0.05, 0) is 30.0 Å². The van der Waals surface area contributed by atoms with E-state index in [-0.39, 0.29) is 30.0 Å². The number of nitrogens with one attached hydrogen (secondary N) is 1. The van der Waals surface area contributed by atoms with E-state index in [0.29, 0.717) is 12.0 Å². The van der Waals surface area contributed by atoms with Gasteiger partial charge in [-0.1, -0.05) is 50.1 Å². The summed E-state index contributed by atoms with van der Waals surface area (Å²) >= 11 is 0. The molecule has 2 aromatic rings. The van der Waals surface area contributed by atoms with Crippen molar-refractivity contribution in [3.05, 3.63) is 69.8 Å². The van der Waals surface area contributed by atoms with Gasteiger partial charge >= 0.3 is 5.97 Å². The van der Waals surface area contributed by atoms with Crippen LogP contribution >= 0.6 is 0 Å². The van der Waals surface area contributed by atoms with Crippen LogP contribution in [0.5, 0.6) is 0 Å². The molecule has 2 N–H and O–H groups in total. The lowest BCUT2D eigenvalue weighted by atomic mass is 9.95. The molecule has 1 aliphatic heterocycles. The minimum Gasteiger partial charge on any atom is -0.480 e. The molecular weight excluding hydrogens is 450 g/mol. The Labute approximate surface area is 191 Å². The molecule has 33 heavy (non-hydrogen) atoms. The van der Waals surface area contributed by atoms with Gasteiger partial charge in [0.2, 0.25) is 15.9 Å². The van der Waals surface area contributed by atoms with Crippen molar-refractivity contribution < 1.29 is 28.0 Å². The number of nitrogens with zero attached hydrogens (tertiary/aromatic N) is 2. The number of carbonyl (C=O) groups excluding carboxylic acids is 1. The third-order valence-corrected chi connectivity index (χ3v) is 7.45. The van der Waals surface area contributed by atoms with Gasteiger partial charge in [-0.25, -0.2) is 13.2 Å². The summed E-state index contributed by atoms with van der Waals surface area (Å²) in [5.41, 5.74) is 1.10. The van der Waals surface area contributed by atoms with Crippen molar-refractivity contribution in [3.8, 4) is 0 Å². The molecule has 1 amide bonds. The number of nitro benzene ring substituents is 1. The number of nitro groups is 1. The number of hydrogen-bond acceptors (Lipinski definition) is 6. The van der Waals surface area contributed by atoms with Crippen LogP contribution in [0, 0.1) is 10.1 Å². The molecule has 0 saturated carbocycles. The van der Waals surface area contributed by atoms with Crippen LogP contribution in [-0.4, -0.2) is 46.7 Å². The van der Waals surface area contributed by atoms with Gasteiger partial charge in [-0.2, -0.15) is 4.31 Å². The molecule has 1 unspecified atom stereocenters. The smallest absolute Gasteiger partial charge is 0.326 e. The molecule has 0 bridgehead atoms. The number of benzene rings is 2. The quantitative estimate of drug-likeness (QED) is 0.418. The normalized spacial score (nSPS) is 17.1. The maximum atomic E-state index is 13.5. The molecule has 10 nitrogen and oxygen atoms in total. The lowest BCUT2D eigenvalue weighted by Crippen LogP contribution is -2.55. The van der Waals surface area contributed by atoms with E-state index < -0.39 is 38.9 Å². The van der Waals surface area contributed by atoms with E-state index in [2.05, 4.69) is 5.32 Å². The second-order valence-electron chi connectivity index (χ2n) is 7.84. The fraction of sp³-hybridized carbons (Fsp3) is 0.364. The third kappa shape index (κ3) is 5.37. The van der Waals surface area contributed by atoms with Crippen LogP contribution in [0.4, 0.5) is 5.69 Å². The molecule has 0 spiro atoms. The summed E-state index contributed by atoms with van der Waals surface area (Å²) in [6.45, 7) is 1.78. The Morgan fingerprint density at radius 2 is 1.91 bits per heavy atom. The van der Waals surface area contributed by atoms with Crippen molar-refractivity contribution in [2.24, 2.45) is 0 Å². The zero-order valence-electron chi connectivity index (χ0n) is 18.0. The number of hydrogen-bond donors (Lipinski definition) is 2. The summed E-state index contributed by atoms with van der Waals surface area (Å²) < 4.78 is 28.0. The maximum Gasteiger partial charge on any atom is 0.326 e. The average Bonchev–Trinajstić information content (AvgIpc) is 2.80. The first kappa shape index (κ1) is 24.3. The maximum absolute atomic E-state index is 13.5. The molecule has 2 aromatic carbocycles. The molecule has 0 aromatic heterocycles. The van der Waals surface area contributed by atoms with Gasteiger partial charge in [0.05, 0.1) is 9.82 Å². The van der Waals surface area contributed by atoms with Crippen molar-refractivity contribution in [3.63, 3.8) is 0 Å². The molecule has 0 fully saturated rings. The average molecular weight is 476 g/mol. The topological polar surface area (TPSA) is 147 Å². The van der Waals surface area contributed by atoms with E-state index in [1.54, 1.807) is 24.3 Å². The Bertz CT molecular complexity index is 1170. The number of rotatable bonds is 9. The molecular formula is C22H25N3O7S. The second-order valence-corrected chi connectivity index (χ2v) is 9.73. The van der Waals surface area contributed by atoms with Crippen molar-refractivity contribution in [2.75, 3.05) is 0 Å². The van der Waals surface area contributed by atoms with E-state index in [0.717, 1.165) is 22.4 Å². The van der Waals surface area contributed by atoms with E-state index in [1.165, 1.54) is 18.2 Å². The minimum atomic E-state index is -4.31. The van der Waals surface area contributed by atoms with Gasteiger partial charge in [-0.15, -0.1) is 0 Å². The van der Waals surface area contributed by atoms with Crippen molar-refractivity contribution in [1.29, 1.82) is 0 Å². The van der Waals surface area contributed by atoms with Gasteiger partial charge in [0.1, 0.15) is 12.1 Å². The number of amides is 1. The number of carboxylic acids is 1. The largest absolute Gasteiger partial charge is 0.480 e. The van der Waals surface area contributed by atoms with Gasteiger partial charge < -0.3 is 10.4 Å². The van der Waals surface area contributed by atoms with Crippen LogP contribution in [0.15, 0.2) is 53.4 Å². The Morgan fingerprint density at radius 1 is 1.21 bits per heavy atom. The Balaban J connectivity index is 1.99. The first-order valence-electron chi connectivity index (χ1n) is 10.5. The fourth-order valence-electron chi connectivity index (χ4n) is 3.80. The number of fused-ring (bicyclic) bond motifs is 1. The first-order valence-corrected chi connectivity index (χ1v) is 12.0. The van der Waals surface area contributed by atoms with Gasteiger partial charge in [0, 0.05) is 18.7 Å². The molecule has 3 rings (SSSR count). The summed E-state index contributed by atoms with van der Waals surface area (Å²) in [7, 11) is -4.31. The molecule has 0 radical (unpaired) electrons. The van der Waals surface area contributed by atoms with Crippen LogP contribution in [-0.2, 0) is 32.6 Å². The summed E-state index contributed by atoms with van der Waals surface area (Å²) in [4.78, 5) is 34.9. The van der Waals surface area contributed by atoms with Gasteiger partial charge in [0.15, 0.2) is 0 Å². The van der Waals surface area contributed by atoms with Gasteiger partial charge in [-0.3, -0.25) is 14.9 Å². The van der Waals surface area contributed by atoms with E-state index >= 15 is 0 Å². The SMILES string of the molecule is CCCCC(NC(=O)[C@@H]1Cc2ccccc2CN1S(=O)(=O)c1cccc([N+](=O)[O-])c1)C(=O)O. The lowest BCUT2D eigenvalue weighted by molar-refractivity contribution is -0.385. The van der Waals surface area contributed by atoms with E-state index in [9.17, 15) is 33.2 Å². The van der Waals surface area contributed by atoms with E-state index in [4.69, 9.17) is 0 Å². The highest BCUT2D eigenvalue weighted by atomic mass is 32.2. The van der Waals surface area contributed by atoms with Crippen LogP contribution in [0.1, 0.15) is 37.3 Å². The van der Waals surface area contributed by atoms with Crippen LogP contribution in [0.3, 0.4) is 0 Å². The first-order chi connectivity index (χ1) is 15.6. The molecule has 1 aliphatic rings. The summed E-state index contributed by atoms with van der Waals surface area (Å²) in [6.07, 6.45) is 1.60. The number of carboxylic acid groups (broad SMARTS) is 1. The summed E-state index contributed by atoms with van der Waals surface area (Å²) in [5, 5.41) is 23.1. The van der Waals surface area contributed by atoms with Crippen molar-refractivity contribution >= 4 is 27.6 Å². The predicted molar refractivity (Wildman–Crippen MR) is 119 cm³/mol. The lowest BCUT2D eigenvalue weighted by Gasteiger charge is -2.35. The number of non-ortho nitro benzene ring substituents is 1. The van der Waals surface area contributed by atoms with Crippen LogP contribution in [0.25, 0.3) is 0 Å². The molecule has 0 saturated heterocycles. The zero-order chi connectivity index (χ0) is 24.2. The molecule has 176 valence electrons. The third-order valence-electron chi connectivity index (χ3n) is 5.60. The standard InChI is InChI=1S/C22H25N3O7S/c1-2-3-11-19(22(27)28)23-21(26)20-12-15-7-4-5-8-16(15)14-24(20)33(31,32)18-10-6-9-17(13-18)25(29)30/h4-10,13,19-20H,2-3,11-12,14H2,1H3,(H,23,26)(H,27,28)/t19?,20-/m0/s1. The Hall–Kier alpha value is -3.31. The molecule has 0 aliphatic carbocycles. The monoisotopic (exact) mass is 475 g/mol. The Morgan fingerprint density at radius 3 is 2.55 bits per heavy atom. The van der Waals surface area contributed by atoms with Crippen LogP contribution in [0.2, 0.25) is 0 Å². The molecule has 1 heterocycles. The fourth-order valence-corrected chi connectivity index (χ4v) is 5.41. The van der Waals surface area contributed by atoms with Crippen LogP contribution < -0.4 is 5.32 Å². The zero-order valence-corrected chi connectivity index (χ0v) is 18.8. The highest BCUT2D eigenvalue weighted by Crippen LogP contribution is 2.30. The number of unbranched alkanes of at least 4 members (excludes halogenated alkanes) is 1. The highest BCUT2D eigenvalue weighted by Gasteiger charge is 2.41. The predicted octanol–water partition coefficient (Wildman–Crippen LogP) is 2.47. The highest BCUT2D eigenvalue weighted by molar-refractivity contribution is 7.89. The second kappa shape index (κ2) is 10.1. The van der Waals surface area contributed by atoms with E-state index in [1.807, 2.05) is 6.92 Å². The van der Waals surface area contributed by atoms with Crippen molar-refractivity contribution in [1.82, 2.24) is 9.62 Å².